The fraction of sp³-hybridized carbons (Fsp3) is 0.419. The van der Waals surface area contributed by atoms with Crippen molar-refractivity contribution in [2.24, 2.45) is 0 Å². The standard InChI is InChI=1S/C31H41NO4S/c1-24(2)32(25(3)4)20-18-29(28-14-10-7-11-15-28)30-22-26(19-21-36-37(5,33)34)16-17-31(30)35-23-27-12-8-6-9-13-27/h6-17,22,24-25,29H,18-21,23H2,1-5H3. The Morgan fingerprint density at radius 3 is 2.03 bits per heavy atom. The maximum Gasteiger partial charge on any atom is 0.264 e. The molecule has 37 heavy (non-hydrogen) atoms. The maximum atomic E-state index is 11.5. The van der Waals surface area contributed by atoms with E-state index < -0.39 is 10.1 Å². The number of nitrogens with zero attached hydrogens (tertiary/aromatic N) is 1. The van der Waals surface area contributed by atoms with Crippen LogP contribution in [0, 0.1) is 0 Å². The molecule has 0 aliphatic carbocycles. The lowest BCUT2D eigenvalue weighted by Gasteiger charge is -2.32. The van der Waals surface area contributed by atoms with Crippen LogP contribution in [0.25, 0.3) is 0 Å². The van der Waals surface area contributed by atoms with Gasteiger partial charge in [-0.3, -0.25) is 9.08 Å². The van der Waals surface area contributed by atoms with Gasteiger partial charge in [0.05, 0.1) is 12.9 Å². The Hall–Kier alpha value is -2.67. The average Bonchev–Trinajstić information content (AvgIpc) is 2.86. The van der Waals surface area contributed by atoms with Crippen LogP contribution in [0.5, 0.6) is 5.75 Å². The lowest BCUT2D eigenvalue weighted by atomic mass is 9.86. The molecule has 0 saturated carbocycles. The van der Waals surface area contributed by atoms with Crippen LogP contribution in [0.1, 0.15) is 62.3 Å². The van der Waals surface area contributed by atoms with Gasteiger partial charge in [-0.05, 0) is 69.8 Å². The monoisotopic (exact) mass is 523 g/mol. The molecule has 0 aliphatic rings. The van der Waals surface area contributed by atoms with Crippen molar-refractivity contribution in [2.45, 2.75) is 65.1 Å². The van der Waals surface area contributed by atoms with E-state index in [1.165, 1.54) is 5.56 Å². The van der Waals surface area contributed by atoms with Crippen molar-refractivity contribution in [1.82, 2.24) is 4.90 Å². The highest BCUT2D eigenvalue weighted by molar-refractivity contribution is 7.85. The van der Waals surface area contributed by atoms with Crippen molar-refractivity contribution in [2.75, 3.05) is 19.4 Å². The second kappa shape index (κ2) is 13.8. The second-order valence-electron chi connectivity index (χ2n) is 10.1. The number of rotatable bonds is 14. The lowest BCUT2D eigenvalue weighted by Crippen LogP contribution is -2.38. The largest absolute Gasteiger partial charge is 0.489 e. The second-order valence-corrected chi connectivity index (χ2v) is 11.7. The van der Waals surface area contributed by atoms with Gasteiger partial charge in [0.25, 0.3) is 10.1 Å². The fourth-order valence-corrected chi connectivity index (χ4v) is 5.17. The first-order valence-corrected chi connectivity index (χ1v) is 14.9. The molecule has 0 spiro atoms. The predicted octanol–water partition coefficient (Wildman–Crippen LogP) is 6.43. The summed E-state index contributed by atoms with van der Waals surface area (Å²) in [7, 11) is -3.48. The summed E-state index contributed by atoms with van der Waals surface area (Å²) in [5, 5.41) is 0. The Morgan fingerprint density at radius 1 is 0.811 bits per heavy atom. The summed E-state index contributed by atoms with van der Waals surface area (Å²) in [5.74, 6) is 0.980. The van der Waals surface area contributed by atoms with Gasteiger partial charge in [0, 0.05) is 23.6 Å². The minimum atomic E-state index is -3.48. The zero-order chi connectivity index (χ0) is 26.8. The molecule has 5 nitrogen and oxygen atoms in total. The van der Waals surface area contributed by atoms with E-state index in [2.05, 4.69) is 75.1 Å². The van der Waals surface area contributed by atoms with Crippen LogP contribution in [0.4, 0.5) is 0 Å². The van der Waals surface area contributed by atoms with E-state index in [-0.39, 0.29) is 12.5 Å². The SMILES string of the molecule is CC(C)N(CCC(c1ccccc1)c1cc(CCOS(C)(=O)=O)ccc1OCc1ccccc1)C(C)C. The molecule has 3 rings (SSSR count). The molecule has 0 heterocycles. The van der Waals surface area contributed by atoms with Crippen LogP contribution >= 0.6 is 0 Å². The van der Waals surface area contributed by atoms with Gasteiger partial charge in [0.15, 0.2) is 0 Å². The van der Waals surface area contributed by atoms with Crippen LogP contribution in [0.3, 0.4) is 0 Å². The molecule has 6 heteroatoms. The van der Waals surface area contributed by atoms with E-state index in [1.54, 1.807) is 0 Å². The van der Waals surface area contributed by atoms with Gasteiger partial charge < -0.3 is 4.74 Å². The summed E-state index contributed by atoms with van der Waals surface area (Å²) in [4.78, 5) is 2.52. The van der Waals surface area contributed by atoms with E-state index in [4.69, 9.17) is 8.92 Å². The minimum Gasteiger partial charge on any atom is -0.489 e. The Morgan fingerprint density at radius 2 is 1.43 bits per heavy atom. The van der Waals surface area contributed by atoms with Gasteiger partial charge >= 0.3 is 0 Å². The molecular formula is C31H41NO4S. The third-order valence-corrected chi connectivity index (χ3v) is 7.17. The summed E-state index contributed by atoms with van der Waals surface area (Å²) in [6.45, 7) is 10.5. The van der Waals surface area contributed by atoms with Gasteiger partial charge in [-0.2, -0.15) is 8.42 Å². The summed E-state index contributed by atoms with van der Waals surface area (Å²) in [6.07, 6.45) is 2.52. The molecule has 0 aromatic heterocycles. The fourth-order valence-electron chi connectivity index (χ4n) is 4.78. The van der Waals surface area contributed by atoms with E-state index >= 15 is 0 Å². The van der Waals surface area contributed by atoms with Gasteiger partial charge in [0.2, 0.25) is 0 Å². The van der Waals surface area contributed by atoms with Crippen LogP contribution < -0.4 is 4.74 Å². The van der Waals surface area contributed by atoms with Gasteiger partial charge in [-0.15, -0.1) is 0 Å². The summed E-state index contributed by atoms with van der Waals surface area (Å²) in [5.41, 5.74) is 4.49. The normalized spacial score (nSPS) is 12.9. The first kappa shape index (κ1) is 28.9. The smallest absolute Gasteiger partial charge is 0.264 e. The number of benzene rings is 3. The molecule has 0 N–H and O–H groups in total. The number of hydrogen-bond acceptors (Lipinski definition) is 5. The number of ether oxygens (including phenoxy) is 1. The number of hydrogen-bond donors (Lipinski definition) is 0. The minimum absolute atomic E-state index is 0.118. The summed E-state index contributed by atoms with van der Waals surface area (Å²) < 4.78 is 34.4. The van der Waals surface area contributed by atoms with E-state index in [1.807, 2.05) is 36.4 Å². The molecule has 200 valence electrons. The Kier molecular flexibility index (Phi) is 10.7. The van der Waals surface area contributed by atoms with Crippen LogP contribution in [0.2, 0.25) is 0 Å². The highest BCUT2D eigenvalue weighted by Gasteiger charge is 2.22. The maximum absolute atomic E-state index is 11.5. The first-order valence-electron chi connectivity index (χ1n) is 13.1. The van der Waals surface area contributed by atoms with Crippen LogP contribution in [-0.4, -0.2) is 44.8 Å². The van der Waals surface area contributed by atoms with Crippen LogP contribution in [0.15, 0.2) is 78.9 Å². The van der Waals surface area contributed by atoms with Gasteiger partial charge in [-0.25, -0.2) is 0 Å². The molecule has 0 saturated heterocycles. The molecule has 3 aromatic rings. The third kappa shape index (κ3) is 9.29. The summed E-state index contributed by atoms with van der Waals surface area (Å²) >= 11 is 0. The third-order valence-electron chi connectivity index (χ3n) is 6.58. The van der Waals surface area contributed by atoms with Crippen molar-refractivity contribution < 1.29 is 17.3 Å². The Balaban J connectivity index is 1.96. The Bertz CT molecular complexity index is 1190. The van der Waals surface area contributed by atoms with E-state index in [0.717, 1.165) is 41.7 Å². The van der Waals surface area contributed by atoms with Crippen molar-refractivity contribution in [3.8, 4) is 5.75 Å². The van der Waals surface area contributed by atoms with Crippen molar-refractivity contribution in [3.05, 3.63) is 101 Å². The summed E-state index contributed by atoms with van der Waals surface area (Å²) in [6, 6.07) is 27.8. The van der Waals surface area contributed by atoms with E-state index in [9.17, 15) is 8.42 Å². The molecule has 0 bridgehead atoms. The molecule has 3 aromatic carbocycles. The molecule has 0 aliphatic heterocycles. The molecule has 0 fully saturated rings. The van der Waals surface area contributed by atoms with Gasteiger partial charge in [0.1, 0.15) is 12.4 Å². The lowest BCUT2D eigenvalue weighted by molar-refractivity contribution is 0.170. The molecule has 1 atom stereocenters. The van der Waals surface area contributed by atoms with Gasteiger partial charge in [-0.1, -0.05) is 72.8 Å². The predicted molar refractivity (Wildman–Crippen MR) is 152 cm³/mol. The zero-order valence-electron chi connectivity index (χ0n) is 22.8. The quantitative estimate of drug-likeness (QED) is 0.228. The van der Waals surface area contributed by atoms with Crippen molar-refractivity contribution in [1.29, 1.82) is 0 Å². The van der Waals surface area contributed by atoms with Crippen molar-refractivity contribution in [3.63, 3.8) is 0 Å². The molecule has 0 amide bonds. The highest BCUT2D eigenvalue weighted by Crippen LogP contribution is 2.36. The van der Waals surface area contributed by atoms with Crippen LogP contribution in [-0.2, 0) is 27.3 Å². The molecular weight excluding hydrogens is 482 g/mol. The highest BCUT2D eigenvalue weighted by atomic mass is 32.2. The first-order chi connectivity index (χ1) is 17.6. The topological polar surface area (TPSA) is 55.8 Å². The molecule has 1 unspecified atom stereocenters. The Labute approximate surface area is 223 Å². The zero-order valence-corrected chi connectivity index (χ0v) is 23.6. The van der Waals surface area contributed by atoms with Crippen molar-refractivity contribution >= 4 is 10.1 Å². The van der Waals surface area contributed by atoms with E-state index in [0.29, 0.717) is 25.1 Å². The average molecular weight is 524 g/mol. The molecule has 0 radical (unpaired) electrons.